The lowest BCUT2D eigenvalue weighted by Gasteiger charge is -2.23. The van der Waals surface area contributed by atoms with Gasteiger partial charge >= 0.3 is 6.03 Å². The molecule has 2 atom stereocenters. The molecule has 0 radical (unpaired) electrons. The summed E-state index contributed by atoms with van der Waals surface area (Å²) in [5.41, 5.74) is 1.58. The number of nitrogens with one attached hydrogen (secondary N) is 2. The molecular formula is C15H21FN6OS. The van der Waals surface area contributed by atoms with E-state index in [9.17, 15) is 9.18 Å². The predicted molar refractivity (Wildman–Crippen MR) is 90.8 cm³/mol. The van der Waals surface area contributed by atoms with E-state index in [4.69, 9.17) is 0 Å². The number of nitrogens with zero attached hydrogens (tertiary/aromatic N) is 4. The van der Waals surface area contributed by atoms with Gasteiger partial charge in [-0.1, -0.05) is 0 Å². The van der Waals surface area contributed by atoms with Crippen LogP contribution in [0.4, 0.5) is 14.9 Å². The number of thiazole rings is 1. The summed E-state index contributed by atoms with van der Waals surface area (Å²) in [4.78, 5) is 18.4. The summed E-state index contributed by atoms with van der Waals surface area (Å²) in [6.45, 7) is 3.35. The van der Waals surface area contributed by atoms with E-state index in [0.717, 1.165) is 10.7 Å². The third kappa shape index (κ3) is 4.30. The van der Waals surface area contributed by atoms with Gasteiger partial charge in [-0.05, 0) is 13.3 Å². The molecule has 0 saturated carbocycles. The van der Waals surface area contributed by atoms with Crippen LogP contribution >= 0.6 is 11.3 Å². The van der Waals surface area contributed by atoms with Gasteiger partial charge in [-0.25, -0.2) is 14.2 Å². The Kier molecular flexibility index (Phi) is 5.10. The van der Waals surface area contributed by atoms with Crippen molar-refractivity contribution >= 4 is 23.1 Å². The van der Waals surface area contributed by atoms with Crippen LogP contribution in [0.3, 0.4) is 0 Å². The molecule has 24 heavy (non-hydrogen) atoms. The van der Waals surface area contributed by atoms with Gasteiger partial charge in [-0.2, -0.15) is 5.10 Å². The Bertz CT molecular complexity index is 702. The minimum absolute atomic E-state index is 0.0262. The number of alkyl halides is 1. The lowest BCUT2D eigenvalue weighted by Crippen LogP contribution is -2.41. The molecule has 0 aromatic carbocycles. The monoisotopic (exact) mass is 352 g/mol. The maximum Gasteiger partial charge on any atom is 0.319 e. The van der Waals surface area contributed by atoms with Crippen LogP contribution in [-0.4, -0.2) is 51.0 Å². The molecule has 7 nitrogen and oxygen atoms in total. The van der Waals surface area contributed by atoms with Crippen molar-refractivity contribution in [3.8, 4) is 0 Å². The van der Waals surface area contributed by atoms with Gasteiger partial charge in [-0.3, -0.25) is 9.58 Å². The molecule has 0 bridgehead atoms. The third-order valence-corrected chi connectivity index (χ3v) is 4.79. The van der Waals surface area contributed by atoms with E-state index in [1.807, 2.05) is 17.2 Å². The molecule has 2 amide bonds. The highest BCUT2D eigenvalue weighted by atomic mass is 32.1. The van der Waals surface area contributed by atoms with Crippen molar-refractivity contribution in [1.82, 2.24) is 25.0 Å². The topological polar surface area (TPSA) is 75.1 Å². The molecular weight excluding hydrogens is 331 g/mol. The SMILES string of the molecule is Cc1nc(CN2C[C@@H](F)C[C@H]2CNC(=O)Nc2cnn(C)c2)cs1. The van der Waals surface area contributed by atoms with Crippen molar-refractivity contribution in [3.63, 3.8) is 0 Å². The summed E-state index contributed by atoms with van der Waals surface area (Å²) in [5, 5.41) is 12.5. The number of carbonyl (C=O) groups excluding carboxylic acids is 1. The fraction of sp³-hybridized carbons (Fsp3) is 0.533. The Morgan fingerprint density at radius 2 is 2.38 bits per heavy atom. The van der Waals surface area contributed by atoms with E-state index < -0.39 is 6.17 Å². The normalized spacial score (nSPS) is 21.1. The number of hydrogen-bond donors (Lipinski definition) is 2. The minimum Gasteiger partial charge on any atom is -0.336 e. The van der Waals surface area contributed by atoms with Crippen molar-refractivity contribution in [1.29, 1.82) is 0 Å². The van der Waals surface area contributed by atoms with Crippen LogP contribution in [0.5, 0.6) is 0 Å². The number of aryl methyl sites for hydroxylation is 2. The summed E-state index contributed by atoms with van der Waals surface area (Å²) in [6, 6.07) is -0.337. The Hall–Kier alpha value is -2.00. The van der Waals surface area contributed by atoms with Gasteiger partial charge in [0.15, 0.2) is 0 Å². The average Bonchev–Trinajstić information content (AvgIpc) is 3.20. The molecule has 9 heteroatoms. The zero-order valence-electron chi connectivity index (χ0n) is 13.7. The molecule has 2 aromatic heterocycles. The van der Waals surface area contributed by atoms with Crippen LogP contribution in [0.25, 0.3) is 0 Å². The van der Waals surface area contributed by atoms with Gasteiger partial charge in [0.05, 0.1) is 22.6 Å². The fourth-order valence-electron chi connectivity index (χ4n) is 2.89. The first kappa shape index (κ1) is 16.8. The number of anilines is 1. The molecule has 2 aromatic rings. The van der Waals surface area contributed by atoms with Gasteiger partial charge in [0.1, 0.15) is 6.17 Å². The maximum atomic E-state index is 13.8. The van der Waals surface area contributed by atoms with Crippen molar-refractivity contribution in [2.45, 2.75) is 32.1 Å². The molecule has 3 heterocycles. The number of aromatic nitrogens is 3. The highest BCUT2D eigenvalue weighted by Gasteiger charge is 2.32. The second kappa shape index (κ2) is 7.27. The van der Waals surface area contributed by atoms with Crippen LogP contribution < -0.4 is 10.6 Å². The largest absolute Gasteiger partial charge is 0.336 e. The first-order valence-corrected chi connectivity index (χ1v) is 8.70. The van der Waals surface area contributed by atoms with Gasteiger partial charge in [0, 0.05) is 44.3 Å². The van der Waals surface area contributed by atoms with Crippen LogP contribution in [-0.2, 0) is 13.6 Å². The van der Waals surface area contributed by atoms with E-state index in [1.165, 1.54) is 0 Å². The molecule has 1 aliphatic rings. The van der Waals surface area contributed by atoms with Crippen LogP contribution in [0.15, 0.2) is 17.8 Å². The Morgan fingerprint density at radius 3 is 3.04 bits per heavy atom. The summed E-state index contributed by atoms with van der Waals surface area (Å²) in [5.74, 6) is 0. The van der Waals surface area contributed by atoms with E-state index >= 15 is 0 Å². The van der Waals surface area contributed by atoms with Gasteiger partial charge < -0.3 is 10.6 Å². The maximum absolute atomic E-state index is 13.8. The van der Waals surface area contributed by atoms with E-state index in [0.29, 0.717) is 31.7 Å². The smallest absolute Gasteiger partial charge is 0.319 e. The zero-order chi connectivity index (χ0) is 17.1. The number of carbonyl (C=O) groups is 1. The average molecular weight is 352 g/mol. The molecule has 2 N–H and O–H groups in total. The third-order valence-electron chi connectivity index (χ3n) is 3.97. The summed E-state index contributed by atoms with van der Waals surface area (Å²) in [6.07, 6.45) is 2.85. The van der Waals surface area contributed by atoms with Gasteiger partial charge in [0.25, 0.3) is 0 Å². The van der Waals surface area contributed by atoms with E-state index in [2.05, 4.69) is 20.7 Å². The lowest BCUT2D eigenvalue weighted by atomic mass is 10.2. The number of hydrogen-bond acceptors (Lipinski definition) is 5. The standard InChI is InChI=1S/C15H21FN6OS/c1-10-19-13(9-24-10)8-22-6-11(16)3-14(22)5-17-15(23)20-12-4-18-21(2)7-12/h4,7,9,11,14H,3,5-6,8H2,1-2H3,(H2,17,20,23)/t11-,14-/m0/s1. The summed E-state index contributed by atoms with van der Waals surface area (Å²) < 4.78 is 15.4. The molecule has 130 valence electrons. The second-order valence-corrected chi connectivity index (χ2v) is 7.07. The Labute approximate surface area is 143 Å². The van der Waals surface area contributed by atoms with Gasteiger partial charge in [0.2, 0.25) is 0 Å². The number of halogens is 1. The summed E-state index contributed by atoms with van der Waals surface area (Å²) in [7, 11) is 1.78. The Balaban J connectivity index is 1.51. The zero-order valence-corrected chi connectivity index (χ0v) is 14.5. The summed E-state index contributed by atoms with van der Waals surface area (Å²) >= 11 is 1.59. The minimum atomic E-state index is -0.863. The van der Waals surface area contributed by atoms with Crippen molar-refractivity contribution < 1.29 is 9.18 Å². The quantitative estimate of drug-likeness (QED) is 0.862. The first-order valence-electron chi connectivity index (χ1n) is 7.82. The van der Waals surface area contributed by atoms with Crippen molar-refractivity contribution in [2.75, 3.05) is 18.4 Å². The molecule has 1 aliphatic heterocycles. The molecule has 3 rings (SSSR count). The highest BCUT2D eigenvalue weighted by molar-refractivity contribution is 7.09. The van der Waals surface area contributed by atoms with Crippen LogP contribution in [0.2, 0.25) is 0 Å². The first-order chi connectivity index (χ1) is 11.5. The molecule has 0 spiro atoms. The molecule has 0 unspecified atom stereocenters. The highest BCUT2D eigenvalue weighted by Crippen LogP contribution is 2.23. The second-order valence-electron chi connectivity index (χ2n) is 6.01. The van der Waals surface area contributed by atoms with E-state index in [-0.39, 0.29) is 12.1 Å². The lowest BCUT2D eigenvalue weighted by molar-refractivity contribution is 0.222. The van der Waals surface area contributed by atoms with Crippen LogP contribution in [0.1, 0.15) is 17.1 Å². The van der Waals surface area contributed by atoms with Crippen LogP contribution in [0, 0.1) is 6.92 Å². The predicted octanol–water partition coefficient (Wildman–Crippen LogP) is 1.92. The number of rotatable bonds is 5. The fourth-order valence-corrected chi connectivity index (χ4v) is 3.49. The number of amides is 2. The number of likely N-dealkylation sites (tertiary alicyclic amines) is 1. The molecule has 1 fully saturated rings. The molecule has 1 saturated heterocycles. The van der Waals surface area contributed by atoms with E-state index in [1.54, 1.807) is 35.5 Å². The van der Waals surface area contributed by atoms with Crippen molar-refractivity contribution in [2.24, 2.45) is 7.05 Å². The number of urea groups is 1. The molecule has 0 aliphatic carbocycles. The van der Waals surface area contributed by atoms with Gasteiger partial charge in [-0.15, -0.1) is 11.3 Å². The Morgan fingerprint density at radius 1 is 1.54 bits per heavy atom. The van der Waals surface area contributed by atoms with Crippen molar-refractivity contribution in [3.05, 3.63) is 28.5 Å².